The van der Waals surface area contributed by atoms with Gasteiger partial charge in [0.25, 0.3) is 0 Å². The van der Waals surface area contributed by atoms with Gasteiger partial charge in [0.1, 0.15) is 17.1 Å². The first kappa shape index (κ1) is 42.4. The molecule has 0 amide bonds. The van der Waals surface area contributed by atoms with E-state index in [1.807, 2.05) is 59.1 Å². The molecule has 6 rings (SSSR count). The molecule has 0 atom stereocenters. The molecule has 0 spiro atoms. The van der Waals surface area contributed by atoms with Crippen LogP contribution in [-0.2, 0) is 36.7 Å². The number of carbonyl (C=O) groups is 1. The normalized spacial score (nSPS) is 12.8. The van der Waals surface area contributed by atoms with Crippen LogP contribution < -0.4 is 0 Å². The molecule has 0 aliphatic heterocycles. The first-order chi connectivity index (χ1) is 24.5. The van der Waals surface area contributed by atoms with Crippen LogP contribution in [0.4, 0.5) is 0 Å². The zero-order valence-electron chi connectivity index (χ0n) is 33.8. The second kappa shape index (κ2) is 16.6. The summed E-state index contributed by atoms with van der Waals surface area (Å²) < 4.78 is 8.80. The molecule has 53 heavy (non-hydrogen) atoms. The maximum Gasteiger partial charge on any atom is 0.164 e. The molecule has 1 radical (unpaired) electrons. The van der Waals surface area contributed by atoms with Crippen molar-refractivity contribution in [3.05, 3.63) is 89.5 Å². The zero-order valence-corrected chi connectivity index (χ0v) is 37.1. The summed E-state index contributed by atoms with van der Waals surface area (Å²) in [6.07, 6.45) is 7.72. The molecule has 1 N–H and O–H groups in total. The van der Waals surface area contributed by atoms with E-state index in [0.717, 1.165) is 60.1 Å². The van der Waals surface area contributed by atoms with E-state index in [1.165, 1.54) is 48.1 Å². The summed E-state index contributed by atoms with van der Waals surface area (Å²) >= 11 is 1.84. The van der Waals surface area contributed by atoms with Crippen molar-refractivity contribution < 1.29 is 34.4 Å². The summed E-state index contributed by atoms with van der Waals surface area (Å²) in [6.45, 7) is 25.5. The Hall–Kier alpha value is -3.31. The third kappa shape index (κ3) is 8.51. The van der Waals surface area contributed by atoms with E-state index in [1.54, 1.807) is 0 Å². The summed E-state index contributed by atoms with van der Waals surface area (Å²) in [4.78, 5) is 17.1. The second-order valence-corrected chi connectivity index (χ2v) is 17.6. The fraction of sp³-hybridized carbons (Fsp3) is 0.447. The number of fused-ring (bicyclic) bond motifs is 5. The SMILES string of the molecule is CCC(C)(CC)C(=O)/C=C(\O)C(C)(CC)CC.Cc1oc2cc3c(cc2c1CC(C)C)sc1ccnc(-c2[c-]c4ccccc4c(C(C)(C)C)c2)c13.[Ir]. The van der Waals surface area contributed by atoms with Gasteiger partial charge in [0, 0.05) is 69.3 Å². The number of nitrogens with zero attached hydrogens (tertiary/aromatic N) is 1. The summed E-state index contributed by atoms with van der Waals surface area (Å²) in [5.41, 5.74) is 5.09. The van der Waals surface area contributed by atoms with Gasteiger partial charge in [-0.25, -0.2) is 0 Å². The first-order valence-electron chi connectivity index (χ1n) is 19.1. The standard InChI is InChI=1S/C32H30NOS.C15H28O2.Ir/c1-18(2)13-23-19(3)34-27-16-25-29(17-24(23)27)35-28-11-12-33-31(30(25)28)21-14-20-9-7-8-10-22(20)26(15-21)32(4,5)6;1-7-14(5,8-2)12(16)11-13(17)15(6,9-3)10-4;/h7-12,15-18H,13H2,1-6H3;11,16H,7-10H2,1-6H3;/q-1;;/b;12-11-;. The van der Waals surface area contributed by atoms with Crippen molar-refractivity contribution in [2.24, 2.45) is 16.7 Å². The number of ketones is 1. The molecule has 3 aromatic heterocycles. The summed E-state index contributed by atoms with van der Waals surface area (Å²) in [5, 5.41) is 16.2. The number of allylic oxidation sites excluding steroid dienone is 2. The van der Waals surface area contributed by atoms with Crippen molar-refractivity contribution in [1.82, 2.24) is 4.98 Å². The number of furan rings is 1. The van der Waals surface area contributed by atoms with E-state index in [-0.39, 0.29) is 47.9 Å². The molecule has 0 bridgehead atoms. The molecule has 0 aliphatic carbocycles. The van der Waals surface area contributed by atoms with Crippen molar-refractivity contribution in [2.75, 3.05) is 0 Å². The number of benzene rings is 3. The number of hydrogen-bond acceptors (Lipinski definition) is 5. The van der Waals surface area contributed by atoms with Gasteiger partial charge < -0.3 is 9.52 Å². The Morgan fingerprint density at radius 3 is 2.13 bits per heavy atom. The van der Waals surface area contributed by atoms with Gasteiger partial charge in [-0.15, -0.1) is 40.5 Å². The minimum absolute atomic E-state index is 0. The van der Waals surface area contributed by atoms with Gasteiger partial charge in [-0.2, -0.15) is 0 Å². The van der Waals surface area contributed by atoms with Crippen molar-refractivity contribution in [1.29, 1.82) is 0 Å². The molecule has 3 heterocycles. The van der Waals surface area contributed by atoms with Crippen LogP contribution in [0, 0.1) is 29.7 Å². The van der Waals surface area contributed by atoms with Crippen molar-refractivity contribution in [3.8, 4) is 11.3 Å². The van der Waals surface area contributed by atoms with Gasteiger partial charge >= 0.3 is 0 Å². The largest absolute Gasteiger partial charge is 0.512 e. The van der Waals surface area contributed by atoms with E-state index in [4.69, 9.17) is 9.40 Å². The molecule has 6 aromatic rings. The van der Waals surface area contributed by atoms with Crippen LogP contribution in [0.2, 0.25) is 0 Å². The topological polar surface area (TPSA) is 63.3 Å². The molecule has 6 heteroatoms. The number of pyridine rings is 1. The van der Waals surface area contributed by atoms with Crippen molar-refractivity contribution >= 4 is 59.0 Å². The van der Waals surface area contributed by atoms with Crippen molar-refractivity contribution in [3.63, 3.8) is 0 Å². The number of aryl methyl sites for hydroxylation is 1. The van der Waals surface area contributed by atoms with Gasteiger partial charge in [-0.1, -0.05) is 105 Å². The summed E-state index contributed by atoms with van der Waals surface area (Å²) in [5.74, 6) is 1.91. The zero-order chi connectivity index (χ0) is 38.2. The maximum absolute atomic E-state index is 12.2. The molecule has 0 saturated carbocycles. The number of thiophene rings is 1. The molecular formula is C47H58IrNO3S-. The Morgan fingerprint density at radius 1 is 0.887 bits per heavy atom. The van der Waals surface area contributed by atoms with Crippen molar-refractivity contribution in [2.45, 2.75) is 121 Å². The minimum atomic E-state index is -0.337. The molecule has 3 aromatic carbocycles. The van der Waals surface area contributed by atoms with E-state index >= 15 is 0 Å². The molecule has 0 saturated heterocycles. The molecule has 0 aliphatic rings. The van der Waals surface area contributed by atoms with Crippen LogP contribution in [0.1, 0.15) is 119 Å². The van der Waals surface area contributed by atoms with Gasteiger partial charge in [-0.05, 0) is 79.3 Å². The van der Waals surface area contributed by atoms with Gasteiger partial charge in [-0.3, -0.25) is 9.78 Å². The molecule has 4 nitrogen and oxygen atoms in total. The Kier molecular flexibility index (Phi) is 13.3. The van der Waals surface area contributed by atoms with E-state index in [2.05, 4.69) is 96.1 Å². The number of rotatable bonds is 10. The van der Waals surface area contributed by atoms with Gasteiger partial charge in [0.2, 0.25) is 0 Å². The molecule has 0 unspecified atom stereocenters. The molecule has 0 fully saturated rings. The Balaban J connectivity index is 0.000000299. The summed E-state index contributed by atoms with van der Waals surface area (Å²) in [7, 11) is 0. The van der Waals surface area contributed by atoms with Crippen LogP contribution in [0.3, 0.4) is 0 Å². The van der Waals surface area contributed by atoms with Crippen LogP contribution in [0.5, 0.6) is 0 Å². The number of aliphatic hydroxyl groups is 1. The van der Waals surface area contributed by atoms with E-state index < -0.39 is 0 Å². The Labute approximate surface area is 334 Å². The quantitative estimate of drug-likeness (QED) is 0.0845. The first-order valence-corrected chi connectivity index (χ1v) is 20.0. The predicted molar refractivity (Wildman–Crippen MR) is 224 cm³/mol. The average Bonchev–Trinajstić information content (AvgIpc) is 3.64. The summed E-state index contributed by atoms with van der Waals surface area (Å²) in [6, 6.07) is 21.3. The fourth-order valence-corrected chi connectivity index (χ4v) is 8.13. The monoisotopic (exact) mass is 909 g/mol. The Morgan fingerprint density at radius 2 is 1.53 bits per heavy atom. The third-order valence-electron chi connectivity index (χ3n) is 11.6. The third-order valence-corrected chi connectivity index (χ3v) is 12.7. The molecular weight excluding hydrogens is 851 g/mol. The van der Waals surface area contributed by atoms with E-state index in [9.17, 15) is 9.90 Å². The number of aliphatic hydroxyl groups excluding tert-OH is 1. The van der Waals surface area contributed by atoms with Crippen LogP contribution in [0.15, 0.2) is 71.0 Å². The number of hydrogen-bond donors (Lipinski definition) is 1. The molecule has 285 valence electrons. The second-order valence-electron chi connectivity index (χ2n) is 16.5. The van der Waals surface area contributed by atoms with Crippen LogP contribution >= 0.6 is 11.3 Å². The Bertz CT molecular complexity index is 2260. The smallest absolute Gasteiger partial charge is 0.164 e. The van der Waals surface area contributed by atoms with Gasteiger partial charge in [0.15, 0.2) is 5.78 Å². The number of aromatic nitrogens is 1. The fourth-order valence-electron chi connectivity index (χ4n) is 7.01. The average molecular weight is 909 g/mol. The van der Waals surface area contributed by atoms with Crippen LogP contribution in [0.25, 0.3) is 53.2 Å². The number of carbonyl (C=O) groups excluding carboxylic acids is 1. The van der Waals surface area contributed by atoms with E-state index in [0.29, 0.717) is 5.92 Å². The van der Waals surface area contributed by atoms with Crippen LogP contribution in [-0.4, -0.2) is 15.9 Å². The maximum atomic E-state index is 12.2. The van der Waals surface area contributed by atoms with Gasteiger partial charge in [0.05, 0.1) is 0 Å². The predicted octanol–water partition coefficient (Wildman–Crippen LogP) is 14.3. The minimum Gasteiger partial charge on any atom is -0.512 e.